The summed E-state index contributed by atoms with van der Waals surface area (Å²) in [6, 6.07) is 4.79. The summed E-state index contributed by atoms with van der Waals surface area (Å²) in [4.78, 5) is 11.8. The number of esters is 1. The normalized spacial score (nSPS) is 10.6. The maximum atomic E-state index is 11.8. The molecule has 0 fully saturated rings. The number of rotatable bonds is 1. The molecule has 0 atom stereocenters. The molecule has 0 aliphatic rings. The lowest BCUT2D eigenvalue weighted by Gasteiger charge is -2.20. The number of hydrogen-bond acceptors (Lipinski definition) is 3. The molecule has 1 rings (SSSR count). The fraction of sp³-hybridized carbons (Fsp3) is 0.308. The Morgan fingerprint density at radius 3 is 2.56 bits per heavy atom. The Morgan fingerprint density at radius 2 is 2.06 bits per heavy atom. The first-order chi connectivity index (χ1) is 7.33. The number of terminal acetylenes is 1. The van der Waals surface area contributed by atoms with E-state index in [0.717, 1.165) is 0 Å². The van der Waals surface area contributed by atoms with Crippen molar-refractivity contribution in [1.82, 2.24) is 0 Å². The van der Waals surface area contributed by atoms with E-state index in [2.05, 4.69) is 5.92 Å². The molecular weight excluding hydrogens is 202 g/mol. The molecule has 0 heterocycles. The van der Waals surface area contributed by atoms with Crippen molar-refractivity contribution in [2.24, 2.45) is 0 Å². The first-order valence-electron chi connectivity index (χ1n) is 4.93. The van der Waals surface area contributed by atoms with Crippen LogP contribution in [0.3, 0.4) is 0 Å². The van der Waals surface area contributed by atoms with Crippen molar-refractivity contribution in [3.05, 3.63) is 29.3 Å². The Hall–Kier alpha value is -1.95. The van der Waals surface area contributed by atoms with Crippen LogP contribution >= 0.6 is 0 Å². The monoisotopic (exact) mass is 217 g/mol. The number of nitrogen functional groups attached to an aromatic ring is 1. The predicted molar refractivity (Wildman–Crippen MR) is 64.0 cm³/mol. The molecule has 0 spiro atoms. The van der Waals surface area contributed by atoms with Gasteiger partial charge in [-0.2, -0.15) is 0 Å². The van der Waals surface area contributed by atoms with Gasteiger partial charge < -0.3 is 10.5 Å². The molecule has 0 saturated heterocycles. The lowest BCUT2D eigenvalue weighted by molar-refractivity contribution is 0.00693. The van der Waals surface area contributed by atoms with Crippen LogP contribution in [0.4, 0.5) is 5.69 Å². The van der Waals surface area contributed by atoms with Gasteiger partial charge in [0.25, 0.3) is 0 Å². The highest BCUT2D eigenvalue weighted by Gasteiger charge is 2.19. The Bertz CT molecular complexity index is 450. The van der Waals surface area contributed by atoms with E-state index in [1.165, 1.54) is 0 Å². The fourth-order valence-electron chi connectivity index (χ4n) is 1.19. The van der Waals surface area contributed by atoms with Gasteiger partial charge in [-0.3, -0.25) is 0 Å². The highest BCUT2D eigenvalue weighted by Crippen LogP contribution is 2.17. The van der Waals surface area contributed by atoms with Crippen LogP contribution in [0.25, 0.3) is 0 Å². The van der Waals surface area contributed by atoms with Crippen molar-refractivity contribution in [3.8, 4) is 12.3 Å². The average Bonchev–Trinajstić information content (AvgIpc) is 2.14. The fourth-order valence-corrected chi connectivity index (χ4v) is 1.19. The Labute approximate surface area is 95.6 Å². The maximum absolute atomic E-state index is 11.8. The standard InChI is InChI=1S/C13H15NO2/c1-5-9-8-10(14)6-7-11(9)12(15)16-13(2,3)4/h1,6-8H,14H2,2-4H3. The van der Waals surface area contributed by atoms with Crippen molar-refractivity contribution in [2.75, 3.05) is 5.73 Å². The zero-order chi connectivity index (χ0) is 12.3. The summed E-state index contributed by atoms with van der Waals surface area (Å²) in [5.74, 6) is 1.99. The molecule has 84 valence electrons. The largest absolute Gasteiger partial charge is 0.456 e. The van der Waals surface area contributed by atoms with Gasteiger partial charge in [0.15, 0.2) is 0 Å². The summed E-state index contributed by atoms with van der Waals surface area (Å²) >= 11 is 0. The number of nitrogens with two attached hydrogens (primary N) is 1. The van der Waals surface area contributed by atoms with Gasteiger partial charge in [-0.15, -0.1) is 6.42 Å². The summed E-state index contributed by atoms with van der Waals surface area (Å²) < 4.78 is 5.23. The lowest BCUT2D eigenvalue weighted by atomic mass is 10.1. The predicted octanol–water partition coefficient (Wildman–Crippen LogP) is 2.21. The highest BCUT2D eigenvalue weighted by molar-refractivity contribution is 5.93. The molecule has 0 amide bonds. The number of carbonyl (C=O) groups excluding carboxylic acids is 1. The van der Waals surface area contributed by atoms with E-state index in [1.54, 1.807) is 39.0 Å². The third-order valence-electron chi connectivity index (χ3n) is 1.82. The minimum absolute atomic E-state index is 0.367. The zero-order valence-electron chi connectivity index (χ0n) is 9.70. The first-order valence-corrected chi connectivity index (χ1v) is 4.93. The van der Waals surface area contributed by atoms with Crippen molar-refractivity contribution < 1.29 is 9.53 Å². The van der Waals surface area contributed by atoms with Crippen LogP contribution in [0.2, 0.25) is 0 Å². The van der Waals surface area contributed by atoms with Crippen LogP contribution < -0.4 is 5.73 Å². The van der Waals surface area contributed by atoms with Crippen LogP contribution in [-0.4, -0.2) is 11.6 Å². The van der Waals surface area contributed by atoms with E-state index < -0.39 is 11.6 Å². The topological polar surface area (TPSA) is 52.3 Å². The van der Waals surface area contributed by atoms with Crippen LogP contribution in [0, 0.1) is 12.3 Å². The van der Waals surface area contributed by atoms with Gasteiger partial charge in [-0.05, 0) is 39.0 Å². The van der Waals surface area contributed by atoms with Crippen LogP contribution in [0.1, 0.15) is 36.7 Å². The molecule has 0 aliphatic heterocycles. The van der Waals surface area contributed by atoms with E-state index in [1.807, 2.05) is 0 Å². The molecule has 16 heavy (non-hydrogen) atoms. The van der Waals surface area contributed by atoms with Gasteiger partial charge in [0, 0.05) is 11.3 Å². The molecule has 0 saturated carbocycles. The van der Waals surface area contributed by atoms with Crippen molar-refractivity contribution in [2.45, 2.75) is 26.4 Å². The summed E-state index contributed by atoms with van der Waals surface area (Å²) in [5, 5.41) is 0. The van der Waals surface area contributed by atoms with Crippen molar-refractivity contribution in [1.29, 1.82) is 0 Å². The first kappa shape index (κ1) is 12.1. The minimum atomic E-state index is -0.537. The summed E-state index contributed by atoms with van der Waals surface area (Å²) in [6.45, 7) is 5.41. The minimum Gasteiger partial charge on any atom is -0.456 e. The molecule has 0 aromatic heterocycles. The number of benzene rings is 1. The summed E-state index contributed by atoms with van der Waals surface area (Å²) in [5.41, 5.74) is 6.39. The molecule has 0 radical (unpaired) electrons. The highest BCUT2D eigenvalue weighted by atomic mass is 16.6. The second-order valence-electron chi connectivity index (χ2n) is 4.45. The average molecular weight is 217 g/mol. The summed E-state index contributed by atoms with van der Waals surface area (Å²) in [7, 11) is 0. The maximum Gasteiger partial charge on any atom is 0.339 e. The molecule has 3 heteroatoms. The SMILES string of the molecule is C#Cc1cc(N)ccc1C(=O)OC(C)(C)C. The molecule has 3 nitrogen and oxygen atoms in total. The van der Waals surface area contributed by atoms with Gasteiger partial charge in [-0.1, -0.05) is 5.92 Å². The van der Waals surface area contributed by atoms with E-state index in [0.29, 0.717) is 16.8 Å². The van der Waals surface area contributed by atoms with Gasteiger partial charge >= 0.3 is 5.97 Å². The molecule has 0 bridgehead atoms. The molecule has 1 aromatic rings. The smallest absolute Gasteiger partial charge is 0.339 e. The second-order valence-corrected chi connectivity index (χ2v) is 4.45. The number of carbonyl (C=O) groups is 1. The molecular formula is C13H15NO2. The van der Waals surface area contributed by atoms with Gasteiger partial charge in [-0.25, -0.2) is 4.79 Å². The Balaban J connectivity index is 3.06. The molecule has 2 N–H and O–H groups in total. The Kier molecular flexibility index (Phi) is 3.24. The Morgan fingerprint density at radius 1 is 1.44 bits per heavy atom. The van der Waals surface area contributed by atoms with Gasteiger partial charge in [0.05, 0.1) is 5.56 Å². The van der Waals surface area contributed by atoms with E-state index >= 15 is 0 Å². The van der Waals surface area contributed by atoms with Gasteiger partial charge in [0.1, 0.15) is 5.60 Å². The van der Waals surface area contributed by atoms with Crippen LogP contribution in [0.15, 0.2) is 18.2 Å². The quantitative estimate of drug-likeness (QED) is 0.445. The van der Waals surface area contributed by atoms with Crippen molar-refractivity contribution >= 4 is 11.7 Å². The van der Waals surface area contributed by atoms with E-state index in [4.69, 9.17) is 16.9 Å². The number of ether oxygens (including phenoxy) is 1. The van der Waals surface area contributed by atoms with Gasteiger partial charge in [0.2, 0.25) is 0 Å². The van der Waals surface area contributed by atoms with Crippen LogP contribution in [-0.2, 0) is 4.74 Å². The van der Waals surface area contributed by atoms with Crippen LogP contribution in [0.5, 0.6) is 0 Å². The molecule has 0 aliphatic carbocycles. The third-order valence-corrected chi connectivity index (χ3v) is 1.82. The molecule has 0 unspecified atom stereocenters. The number of anilines is 1. The third kappa shape index (κ3) is 3.03. The lowest BCUT2D eigenvalue weighted by Crippen LogP contribution is -2.24. The summed E-state index contributed by atoms with van der Waals surface area (Å²) in [6.07, 6.45) is 5.31. The van der Waals surface area contributed by atoms with E-state index in [-0.39, 0.29) is 0 Å². The van der Waals surface area contributed by atoms with E-state index in [9.17, 15) is 4.79 Å². The number of hydrogen-bond donors (Lipinski definition) is 1. The van der Waals surface area contributed by atoms with Crippen molar-refractivity contribution in [3.63, 3.8) is 0 Å². The zero-order valence-corrected chi connectivity index (χ0v) is 9.70. The molecule has 1 aromatic carbocycles. The second kappa shape index (κ2) is 4.28.